The van der Waals surface area contributed by atoms with E-state index in [1.54, 1.807) is 6.92 Å². The average Bonchev–Trinajstić information content (AvgIpc) is 2.67. The van der Waals surface area contributed by atoms with E-state index in [-0.39, 0.29) is 23.2 Å². The molecule has 0 bridgehead atoms. The zero-order valence-corrected chi connectivity index (χ0v) is 9.00. The van der Waals surface area contributed by atoms with Crippen LogP contribution in [0.3, 0.4) is 0 Å². The largest absolute Gasteiger partial charge is 0.469 e. The molecular weight excluding hydrogens is 178 g/mol. The third kappa shape index (κ3) is 1.65. The summed E-state index contributed by atoms with van der Waals surface area (Å²) in [6, 6.07) is 2.06. The van der Waals surface area contributed by atoms with Gasteiger partial charge in [0.2, 0.25) is 0 Å². The van der Waals surface area contributed by atoms with E-state index in [9.17, 15) is 4.79 Å². The van der Waals surface area contributed by atoms with Crippen molar-refractivity contribution in [2.24, 2.45) is 17.3 Å². The number of ether oxygens (including phenoxy) is 1. The second-order valence-corrected chi connectivity index (χ2v) is 4.31. The van der Waals surface area contributed by atoms with E-state index in [0.29, 0.717) is 5.57 Å². The molecule has 0 aliphatic heterocycles. The Morgan fingerprint density at radius 1 is 1.57 bits per heavy atom. The molecule has 76 valence electrons. The zero-order chi connectivity index (χ0) is 10.9. The highest BCUT2D eigenvalue weighted by Crippen LogP contribution is 2.59. The summed E-state index contributed by atoms with van der Waals surface area (Å²) in [6.07, 6.45) is 1.86. The van der Waals surface area contributed by atoms with Crippen molar-refractivity contribution in [1.82, 2.24) is 0 Å². The smallest absolute Gasteiger partial charge is 0.309 e. The lowest BCUT2D eigenvalue weighted by Gasteiger charge is -1.99. The molecule has 1 aliphatic rings. The van der Waals surface area contributed by atoms with Gasteiger partial charge in [0, 0.05) is 5.57 Å². The lowest BCUT2D eigenvalue weighted by molar-refractivity contribution is -0.143. The predicted octanol–water partition coefficient (Wildman–Crippen LogP) is 1.90. The van der Waals surface area contributed by atoms with Crippen molar-refractivity contribution in [3.05, 3.63) is 11.6 Å². The SMILES string of the molecule is COC(=O)[C@H]1[C@H](C=C(C)C#N)C1(C)C. The minimum Gasteiger partial charge on any atom is -0.469 e. The van der Waals surface area contributed by atoms with E-state index >= 15 is 0 Å². The molecule has 2 atom stereocenters. The van der Waals surface area contributed by atoms with E-state index in [0.717, 1.165) is 0 Å². The molecular formula is C11H15NO2. The molecule has 0 aromatic rings. The highest BCUT2D eigenvalue weighted by atomic mass is 16.5. The van der Waals surface area contributed by atoms with Gasteiger partial charge in [-0.2, -0.15) is 5.26 Å². The van der Waals surface area contributed by atoms with Gasteiger partial charge in [-0.25, -0.2) is 0 Å². The van der Waals surface area contributed by atoms with E-state index in [1.807, 2.05) is 19.9 Å². The summed E-state index contributed by atoms with van der Waals surface area (Å²) >= 11 is 0. The van der Waals surface area contributed by atoms with Crippen molar-refractivity contribution in [2.45, 2.75) is 20.8 Å². The minimum absolute atomic E-state index is 0.0643. The summed E-state index contributed by atoms with van der Waals surface area (Å²) in [7, 11) is 1.40. The Bertz CT molecular complexity index is 323. The van der Waals surface area contributed by atoms with Crippen molar-refractivity contribution in [3.63, 3.8) is 0 Å². The van der Waals surface area contributed by atoms with Gasteiger partial charge in [-0.15, -0.1) is 0 Å². The first-order valence-electron chi connectivity index (χ1n) is 4.61. The summed E-state index contributed by atoms with van der Waals surface area (Å²) < 4.78 is 4.70. The Labute approximate surface area is 84.4 Å². The van der Waals surface area contributed by atoms with Crippen LogP contribution in [-0.2, 0) is 9.53 Å². The fraction of sp³-hybridized carbons (Fsp3) is 0.636. The number of allylic oxidation sites excluding steroid dienone is 2. The number of nitriles is 1. The molecule has 3 heteroatoms. The normalized spacial score (nSPS) is 29.2. The standard InChI is InChI=1S/C11H15NO2/c1-7(6-12)5-8-9(10(13)14-4)11(8,2)3/h5,8-9H,1-4H3/t8-,9+/m0/s1. The van der Waals surface area contributed by atoms with Gasteiger partial charge in [0.1, 0.15) is 0 Å². The zero-order valence-electron chi connectivity index (χ0n) is 9.00. The summed E-state index contributed by atoms with van der Waals surface area (Å²) in [6.45, 7) is 5.78. The fourth-order valence-electron chi connectivity index (χ4n) is 1.87. The molecule has 0 amide bonds. The Morgan fingerprint density at radius 3 is 2.57 bits per heavy atom. The quantitative estimate of drug-likeness (QED) is 0.497. The second-order valence-electron chi connectivity index (χ2n) is 4.31. The Kier molecular flexibility index (Phi) is 2.66. The molecule has 0 radical (unpaired) electrons. The van der Waals surface area contributed by atoms with Gasteiger partial charge >= 0.3 is 5.97 Å². The lowest BCUT2D eigenvalue weighted by Crippen LogP contribution is -2.07. The van der Waals surface area contributed by atoms with Gasteiger partial charge in [0.25, 0.3) is 0 Å². The molecule has 1 rings (SSSR count). The first-order valence-corrected chi connectivity index (χ1v) is 4.61. The average molecular weight is 193 g/mol. The van der Waals surface area contributed by atoms with Crippen LogP contribution in [0.25, 0.3) is 0 Å². The van der Waals surface area contributed by atoms with Gasteiger partial charge in [0.05, 0.1) is 19.1 Å². The van der Waals surface area contributed by atoms with Crippen molar-refractivity contribution in [2.75, 3.05) is 7.11 Å². The Morgan fingerprint density at radius 2 is 2.14 bits per heavy atom. The van der Waals surface area contributed by atoms with Gasteiger partial charge in [0.15, 0.2) is 0 Å². The van der Waals surface area contributed by atoms with Crippen LogP contribution in [-0.4, -0.2) is 13.1 Å². The first kappa shape index (κ1) is 10.8. The number of esters is 1. The van der Waals surface area contributed by atoms with Crippen LogP contribution < -0.4 is 0 Å². The summed E-state index contributed by atoms with van der Waals surface area (Å²) in [5.41, 5.74) is 0.597. The number of carbonyl (C=O) groups is 1. The molecule has 1 saturated carbocycles. The van der Waals surface area contributed by atoms with Crippen LogP contribution >= 0.6 is 0 Å². The maximum Gasteiger partial charge on any atom is 0.309 e. The molecule has 0 aromatic carbocycles. The summed E-state index contributed by atoms with van der Waals surface area (Å²) in [4.78, 5) is 11.3. The number of hydrogen-bond acceptors (Lipinski definition) is 3. The molecule has 0 unspecified atom stereocenters. The van der Waals surface area contributed by atoms with E-state index in [4.69, 9.17) is 10.00 Å². The topological polar surface area (TPSA) is 50.1 Å². The summed E-state index contributed by atoms with van der Waals surface area (Å²) in [5, 5.41) is 8.63. The number of nitrogens with zero attached hydrogens (tertiary/aromatic N) is 1. The van der Waals surface area contributed by atoms with Crippen molar-refractivity contribution >= 4 is 5.97 Å². The number of carbonyl (C=O) groups excluding carboxylic acids is 1. The molecule has 0 N–H and O–H groups in total. The third-order valence-electron chi connectivity index (χ3n) is 2.97. The van der Waals surface area contributed by atoms with E-state index in [2.05, 4.69) is 6.07 Å². The molecule has 0 saturated heterocycles. The minimum atomic E-state index is -0.179. The van der Waals surface area contributed by atoms with Crippen LogP contribution in [0.1, 0.15) is 20.8 Å². The number of methoxy groups -OCH3 is 1. The predicted molar refractivity (Wildman–Crippen MR) is 52.1 cm³/mol. The van der Waals surface area contributed by atoms with Crippen LogP contribution in [0.2, 0.25) is 0 Å². The number of rotatable bonds is 2. The van der Waals surface area contributed by atoms with E-state index in [1.165, 1.54) is 7.11 Å². The Hall–Kier alpha value is -1.30. The third-order valence-corrected chi connectivity index (χ3v) is 2.97. The van der Waals surface area contributed by atoms with Crippen molar-refractivity contribution in [3.8, 4) is 6.07 Å². The summed E-state index contributed by atoms with van der Waals surface area (Å²) in [5.74, 6) is -0.118. The van der Waals surface area contributed by atoms with Crippen LogP contribution in [0.4, 0.5) is 0 Å². The molecule has 1 fully saturated rings. The fourth-order valence-corrected chi connectivity index (χ4v) is 1.87. The molecule has 0 heterocycles. The van der Waals surface area contributed by atoms with E-state index < -0.39 is 0 Å². The second kappa shape index (κ2) is 3.45. The maximum atomic E-state index is 11.3. The van der Waals surface area contributed by atoms with Crippen molar-refractivity contribution < 1.29 is 9.53 Å². The molecule has 14 heavy (non-hydrogen) atoms. The maximum absolute atomic E-state index is 11.3. The van der Waals surface area contributed by atoms with Crippen LogP contribution in [0.15, 0.2) is 11.6 Å². The Balaban J connectivity index is 2.77. The van der Waals surface area contributed by atoms with Crippen LogP contribution in [0.5, 0.6) is 0 Å². The monoisotopic (exact) mass is 193 g/mol. The molecule has 0 aromatic heterocycles. The molecule has 0 spiro atoms. The van der Waals surface area contributed by atoms with Gasteiger partial charge in [-0.1, -0.05) is 19.9 Å². The highest BCUT2D eigenvalue weighted by molar-refractivity contribution is 5.78. The number of hydrogen-bond donors (Lipinski definition) is 0. The van der Waals surface area contributed by atoms with Gasteiger partial charge < -0.3 is 4.74 Å². The first-order chi connectivity index (χ1) is 6.45. The van der Waals surface area contributed by atoms with Crippen LogP contribution in [0, 0.1) is 28.6 Å². The van der Waals surface area contributed by atoms with Gasteiger partial charge in [-0.3, -0.25) is 4.79 Å². The molecule has 1 aliphatic carbocycles. The molecule has 3 nitrogen and oxygen atoms in total. The van der Waals surface area contributed by atoms with Gasteiger partial charge in [-0.05, 0) is 18.3 Å². The lowest BCUT2D eigenvalue weighted by atomic mass is 10.1. The van der Waals surface area contributed by atoms with Crippen molar-refractivity contribution in [1.29, 1.82) is 5.26 Å². The highest BCUT2D eigenvalue weighted by Gasteiger charge is 2.61.